The number of β-amino-alcohol motifs (C(OH)–C–C–N with tert-alkyl or cyclic N) is 1. The third-order valence-corrected chi connectivity index (χ3v) is 5.58. The smallest absolute Gasteiger partial charge is 0.408 e. The lowest BCUT2D eigenvalue weighted by Crippen LogP contribution is -2.46. The number of carbonyl (C=O) groups excluding carboxylic acids is 1. The van der Waals surface area contributed by atoms with Crippen molar-refractivity contribution in [2.24, 2.45) is 0 Å². The van der Waals surface area contributed by atoms with Crippen molar-refractivity contribution in [3.05, 3.63) is 41.0 Å². The lowest BCUT2D eigenvalue weighted by Gasteiger charge is -2.23. The van der Waals surface area contributed by atoms with Crippen LogP contribution in [0.5, 0.6) is 0 Å². The molecule has 138 valence electrons. The molecule has 1 aliphatic heterocycles. The maximum absolute atomic E-state index is 12.5. The largest absolute Gasteiger partial charge is 0.465 e. The van der Waals surface area contributed by atoms with Gasteiger partial charge in [0.05, 0.1) is 34.8 Å². The minimum absolute atomic E-state index is 0.0370. The second-order valence-corrected chi connectivity index (χ2v) is 7.31. The normalized spacial score (nSPS) is 20.8. The lowest BCUT2D eigenvalue weighted by atomic mass is 10.0. The number of aryl methyl sites for hydroxylation is 1. The first-order valence-electron chi connectivity index (χ1n) is 8.35. The molecule has 3 rings (SSSR count). The van der Waals surface area contributed by atoms with Crippen LogP contribution in [0.4, 0.5) is 4.79 Å². The zero-order chi connectivity index (χ0) is 18.8. The summed E-state index contributed by atoms with van der Waals surface area (Å²) in [6, 6.07) is 6.73. The van der Waals surface area contributed by atoms with Gasteiger partial charge in [-0.1, -0.05) is 24.3 Å². The van der Waals surface area contributed by atoms with Gasteiger partial charge >= 0.3 is 6.09 Å². The van der Waals surface area contributed by atoms with Gasteiger partial charge in [-0.2, -0.15) is 0 Å². The molecule has 3 atom stereocenters. The Morgan fingerprint density at radius 1 is 1.35 bits per heavy atom. The van der Waals surface area contributed by atoms with E-state index < -0.39 is 18.2 Å². The number of carboxylic acid groups (broad SMARTS) is 1. The first-order chi connectivity index (χ1) is 12.4. The van der Waals surface area contributed by atoms with Crippen LogP contribution in [0, 0.1) is 6.92 Å². The van der Waals surface area contributed by atoms with Gasteiger partial charge in [0.15, 0.2) is 0 Å². The van der Waals surface area contributed by atoms with Crippen LogP contribution >= 0.6 is 11.3 Å². The van der Waals surface area contributed by atoms with E-state index in [9.17, 15) is 19.8 Å². The summed E-state index contributed by atoms with van der Waals surface area (Å²) in [5.41, 5.74) is 4.79. The zero-order valence-electron chi connectivity index (χ0n) is 14.5. The number of thiazole rings is 1. The molecule has 7 nitrogen and oxygen atoms in total. The third kappa shape index (κ3) is 3.71. The highest BCUT2D eigenvalue weighted by molar-refractivity contribution is 7.13. The zero-order valence-corrected chi connectivity index (χ0v) is 15.4. The molecule has 0 aliphatic carbocycles. The maximum atomic E-state index is 12.5. The number of nitrogens with one attached hydrogen (secondary N) is 1. The molecule has 0 saturated carbocycles. The molecule has 1 aromatic carbocycles. The summed E-state index contributed by atoms with van der Waals surface area (Å²) in [6.07, 6.45) is -1.88. The molecule has 1 aliphatic rings. The summed E-state index contributed by atoms with van der Waals surface area (Å²) in [5, 5.41) is 21.7. The molecule has 2 amide bonds. The Morgan fingerprint density at radius 3 is 2.62 bits per heavy atom. The van der Waals surface area contributed by atoms with E-state index in [0.29, 0.717) is 0 Å². The molecule has 1 aromatic heterocycles. The van der Waals surface area contributed by atoms with Crippen molar-refractivity contribution in [1.82, 2.24) is 15.2 Å². The summed E-state index contributed by atoms with van der Waals surface area (Å²) in [6.45, 7) is 3.78. The van der Waals surface area contributed by atoms with Crippen molar-refractivity contribution in [2.75, 3.05) is 6.54 Å². The number of hydrogen-bond acceptors (Lipinski definition) is 5. The van der Waals surface area contributed by atoms with Gasteiger partial charge in [-0.3, -0.25) is 9.69 Å². The van der Waals surface area contributed by atoms with Crippen molar-refractivity contribution in [2.45, 2.75) is 38.5 Å². The number of rotatable bonds is 4. The minimum Gasteiger partial charge on any atom is -0.465 e. The summed E-state index contributed by atoms with van der Waals surface area (Å²) >= 11 is 1.58. The number of hydrogen-bond donors (Lipinski definition) is 3. The van der Waals surface area contributed by atoms with Gasteiger partial charge in [0.2, 0.25) is 5.91 Å². The standard InChI is InChI=1S/C18H21N3O4S/c1-10(20-17(23)15-7-14(22)8-21(15)18(24)25)12-3-5-13(6-4-12)16-11(2)19-9-26-16/h3-6,9-10,14-15,22H,7-8H2,1-2H3,(H,20,23)(H,24,25). The Morgan fingerprint density at radius 2 is 2.04 bits per heavy atom. The molecule has 8 heteroatoms. The highest BCUT2D eigenvalue weighted by Crippen LogP contribution is 2.28. The fourth-order valence-electron chi connectivity index (χ4n) is 3.17. The number of carbonyl (C=O) groups is 2. The number of nitrogens with zero attached hydrogens (tertiary/aromatic N) is 2. The second kappa shape index (κ2) is 7.43. The molecule has 3 N–H and O–H groups in total. The quantitative estimate of drug-likeness (QED) is 0.761. The number of amides is 2. The van der Waals surface area contributed by atoms with Gasteiger partial charge in [0.25, 0.3) is 0 Å². The molecule has 3 unspecified atom stereocenters. The molecule has 0 radical (unpaired) electrons. The maximum Gasteiger partial charge on any atom is 0.408 e. The van der Waals surface area contributed by atoms with Crippen LogP contribution < -0.4 is 5.32 Å². The number of aliphatic hydroxyl groups excluding tert-OH is 1. The molecule has 0 spiro atoms. The first-order valence-corrected chi connectivity index (χ1v) is 9.23. The van der Waals surface area contributed by atoms with Crippen molar-refractivity contribution in [3.63, 3.8) is 0 Å². The molecule has 1 fully saturated rings. The van der Waals surface area contributed by atoms with Crippen molar-refractivity contribution in [3.8, 4) is 10.4 Å². The Labute approximate surface area is 155 Å². The van der Waals surface area contributed by atoms with Gasteiger partial charge in [-0.25, -0.2) is 9.78 Å². The average Bonchev–Trinajstić information content (AvgIpc) is 3.20. The van der Waals surface area contributed by atoms with Crippen LogP contribution in [0.15, 0.2) is 29.8 Å². The average molecular weight is 375 g/mol. The van der Waals surface area contributed by atoms with E-state index in [1.165, 1.54) is 0 Å². The summed E-state index contributed by atoms with van der Waals surface area (Å²) in [7, 11) is 0. The van der Waals surface area contributed by atoms with Crippen LogP contribution in [0.1, 0.15) is 30.6 Å². The Kier molecular flexibility index (Phi) is 5.24. The predicted octanol–water partition coefficient (Wildman–Crippen LogP) is 2.41. The molecular weight excluding hydrogens is 354 g/mol. The van der Waals surface area contributed by atoms with Crippen molar-refractivity contribution < 1.29 is 19.8 Å². The van der Waals surface area contributed by atoms with E-state index in [4.69, 9.17) is 0 Å². The van der Waals surface area contributed by atoms with Gasteiger partial charge in [0.1, 0.15) is 6.04 Å². The Bertz CT molecular complexity index is 805. The Balaban J connectivity index is 1.68. The van der Waals surface area contributed by atoms with Gasteiger partial charge in [-0.05, 0) is 25.0 Å². The summed E-state index contributed by atoms with van der Waals surface area (Å²) in [5.74, 6) is -0.390. The fourth-order valence-corrected chi connectivity index (χ4v) is 3.98. The van der Waals surface area contributed by atoms with Gasteiger partial charge in [0, 0.05) is 6.42 Å². The molecule has 2 aromatic rings. The predicted molar refractivity (Wildman–Crippen MR) is 98.0 cm³/mol. The molecule has 26 heavy (non-hydrogen) atoms. The highest BCUT2D eigenvalue weighted by Gasteiger charge is 2.39. The van der Waals surface area contributed by atoms with Crippen LogP contribution in [-0.4, -0.2) is 50.8 Å². The topological polar surface area (TPSA) is 103 Å². The monoisotopic (exact) mass is 375 g/mol. The molecule has 0 bridgehead atoms. The lowest BCUT2D eigenvalue weighted by molar-refractivity contribution is -0.125. The van der Waals surface area contributed by atoms with Gasteiger partial charge in [-0.15, -0.1) is 11.3 Å². The second-order valence-electron chi connectivity index (χ2n) is 6.46. The molecule has 1 saturated heterocycles. The number of benzene rings is 1. The highest BCUT2D eigenvalue weighted by atomic mass is 32.1. The van der Waals surface area contributed by atoms with E-state index in [2.05, 4.69) is 10.3 Å². The Hall–Kier alpha value is -2.45. The fraction of sp³-hybridized carbons (Fsp3) is 0.389. The number of aromatic nitrogens is 1. The minimum atomic E-state index is -1.20. The van der Waals surface area contributed by atoms with Crippen molar-refractivity contribution in [1.29, 1.82) is 0 Å². The number of likely N-dealkylation sites (tertiary alicyclic amines) is 1. The summed E-state index contributed by atoms with van der Waals surface area (Å²) < 4.78 is 0. The van der Waals surface area contributed by atoms with E-state index in [1.54, 1.807) is 11.3 Å². The first kappa shape index (κ1) is 18.3. The van der Waals surface area contributed by atoms with E-state index in [0.717, 1.165) is 26.6 Å². The van der Waals surface area contributed by atoms with Crippen LogP contribution in [0.2, 0.25) is 0 Å². The van der Waals surface area contributed by atoms with Gasteiger partial charge < -0.3 is 15.5 Å². The van der Waals surface area contributed by atoms with Crippen LogP contribution in [0.25, 0.3) is 10.4 Å². The van der Waals surface area contributed by atoms with Crippen LogP contribution in [0.3, 0.4) is 0 Å². The van der Waals surface area contributed by atoms with Crippen LogP contribution in [-0.2, 0) is 4.79 Å². The summed E-state index contributed by atoms with van der Waals surface area (Å²) in [4.78, 5) is 30.0. The molecule has 2 heterocycles. The van der Waals surface area contributed by atoms with E-state index >= 15 is 0 Å². The van der Waals surface area contributed by atoms with E-state index in [1.807, 2.05) is 43.6 Å². The third-order valence-electron chi connectivity index (χ3n) is 4.60. The van der Waals surface area contributed by atoms with E-state index in [-0.39, 0.29) is 24.9 Å². The SMILES string of the molecule is Cc1ncsc1-c1ccc(C(C)NC(=O)C2CC(O)CN2C(=O)O)cc1. The molecular formula is C18H21N3O4S. The number of aliphatic hydroxyl groups is 1. The van der Waals surface area contributed by atoms with Crippen molar-refractivity contribution >= 4 is 23.3 Å².